The third kappa shape index (κ3) is 6.14. The van der Waals surface area contributed by atoms with Crippen molar-refractivity contribution >= 4 is 29.6 Å². The Morgan fingerprint density at radius 1 is 1.29 bits per heavy atom. The van der Waals surface area contributed by atoms with Crippen molar-refractivity contribution < 1.29 is 28.5 Å². The lowest BCUT2D eigenvalue weighted by Gasteiger charge is -2.35. The lowest BCUT2D eigenvalue weighted by atomic mass is 10.2. The zero-order chi connectivity index (χ0) is 20.7. The van der Waals surface area contributed by atoms with Crippen molar-refractivity contribution in [2.75, 3.05) is 33.4 Å². The number of esters is 1. The molecule has 2 rings (SSSR count). The number of halogens is 1. The Hall–Kier alpha value is -2.25. The lowest BCUT2D eigenvalue weighted by Crippen LogP contribution is -2.49. The number of hydrogen-bond donors (Lipinski definition) is 0. The summed E-state index contributed by atoms with van der Waals surface area (Å²) in [4.78, 5) is 25.8. The summed E-state index contributed by atoms with van der Waals surface area (Å²) in [5.74, 6) is 0.0570. The number of benzene rings is 1. The molecule has 0 saturated carbocycles. The molecule has 1 fully saturated rings. The summed E-state index contributed by atoms with van der Waals surface area (Å²) in [6, 6.07) is 3.36. The topological polar surface area (TPSA) is 74.3 Å². The zero-order valence-electron chi connectivity index (χ0n) is 16.6. The Morgan fingerprint density at radius 2 is 1.96 bits per heavy atom. The highest BCUT2D eigenvalue weighted by Crippen LogP contribution is 2.36. The van der Waals surface area contributed by atoms with Crippen LogP contribution < -0.4 is 9.47 Å². The van der Waals surface area contributed by atoms with E-state index in [1.54, 1.807) is 23.1 Å². The molecule has 0 bridgehead atoms. The van der Waals surface area contributed by atoms with Gasteiger partial charge < -0.3 is 23.8 Å². The van der Waals surface area contributed by atoms with E-state index in [2.05, 4.69) is 0 Å². The van der Waals surface area contributed by atoms with Gasteiger partial charge in [-0.25, -0.2) is 4.79 Å². The van der Waals surface area contributed by atoms with Crippen molar-refractivity contribution in [3.05, 3.63) is 28.8 Å². The first-order chi connectivity index (χ1) is 13.3. The minimum Gasteiger partial charge on any atom is -0.491 e. The molecule has 0 N–H and O–H groups in total. The third-order valence-corrected chi connectivity index (χ3v) is 4.34. The number of rotatable bonds is 7. The first kappa shape index (κ1) is 22.0. The summed E-state index contributed by atoms with van der Waals surface area (Å²) in [7, 11) is 1.50. The third-order valence-electron chi connectivity index (χ3n) is 4.06. The number of methoxy groups -OCH3 is 1. The van der Waals surface area contributed by atoms with Crippen molar-refractivity contribution in [1.29, 1.82) is 0 Å². The fraction of sp³-hybridized carbons (Fsp3) is 0.500. The predicted octanol–water partition coefficient (Wildman–Crippen LogP) is 2.94. The van der Waals surface area contributed by atoms with E-state index in [1.807, 2.05) is 20.8 Å². The van der Waals surface area contributed by atoms with Gasteiger partial charge in [0.05, 0.1) is 30.9 Å². The molecule has 1 aliphatic rings. The second kappa shape index (κ2) is 10.3. The first-order valence-corrected chi connectivity index (χ1v) is 9.50. The van der Waals surface area contributed by atoms with Crippen LogP contribution in [0, 0.1) is 0 Å². The smallest absolute Gasteiger partial charge is 0.331 e. The lowest BCUT2D eigenvalue weighted by molar-refractivity contribution is -0.154. The number of carbonyl (C=O) groups excluding carboxylic acids is 2. The van der Waals surface area contributed by atoms with Crippen molar-refractivity contribution in [3.8, 4) is 11.5 Å². The molecule has 154 valence electrons. The van der Waals surface area contributed by atoms with E-state index in [4.69, 9.17) is 30.5 Å². The van der Waals surface area contributed by atoms with Crippen molar-refractivity contribution in [3.63, 3.8) is 0 Å². The molecule has 1 heterocycles. The first-order valence-electron chi connectivity index (χ1n) is 9.12. The largest absolute Gasteiger partial charge is 0.491 e. The average Bonchev–Trinajstić information content (AvgIpc) is 2.63. The highest BCUT2D eigenvalue weighted by molar-refractivity contribution is 6.32. The number of nitrogens with zero attached hydrogens (tertiary/aromatic N) is 1. The van der Waals surface area contributed by atoms with Crippen molar-refractivity contribution in [2.24, 2.45) is 0 Å². The molecular formula is C20H26ClNO6. The Labute approximate surface area is 170 Å². The van der Waals surface area contributed by atoms with Gasteiger partial charge in [0.15, 0.2) is 18.1 Å². The van der Waals surface area contributed by atoms with Crippen LogP contribution in [0.15, 0.2) is 18.2 Å². The minimum absolute atomic E-state index is 0.0392. The van der Waals surface area contributed by atoms with Gasteiger partial charge in [0.2, 0.25) is 0 Å². The van der Waals surface area contributed by atoms with Gasteiger partial charge in [-0.15, -0.1) is 0 Å². The zero-order valence-corrected chi connectivity index (χ0v) is 17.3. The molecule has 2 atom stereocenters. The van der Waals surface area contributed by atoms with Crippen LogP contribution in [0.4, 0.5) is 0 Å². The molecule has 7 nitrogen and oxygen atoms in total. The Kier molecular flexibility index (Phi) is 8.14. The molecule has 1 aliphatic heterocycles. The fourth-order valence-electron chi connectivity index (χ4n) is 2.96. The number of carbonyl (C=O) groups is 2. The summed E-state index contributed by atoms with van der Waals surface area (Å²) >= 11 is 6.18. The van der Waals surface area contributed by atoms with Gasteiger partial charge in [-0.05, 0) is 44.5 Å². The number of amides is 1. The van der Waals surface area contributed by atoms with E-state index in [0.29, 0.717) is 41.8 Å². The molecule has 0 spiro atoms. The minimum atomic E-state index is -0.618. The maximum Gasteiger partial charge on any atom is 0.331 e. The quantitative estimate of drug-likeness (QED) is 0.507. The summed E-state index contributed by atoms with van der Waals surface area (Å²) in [6.07, 6.45) is 2.70. The SMILES string of the molecule is CCOc1cc(/C=C/C(=O)OCC(=O)N2C[C@@H](C)O[C@H](C)C2)cc(Cl)c1OC. The predicted molar refractivity (Wildman–Crippen MR) is 106 cm³/mol. The average molecular weight is 412 g/mol. The summed E-state index contributed by atoms with van der Waals surface area (Å²) < 4.78 is 21.4. The highest BCUT2D eigenvalue weighted by atomic mass is 35.5. The normalized spacial score (nSPS) is 19.5. The molecule has 8 heteroatoms. The van der Waals surface area contributed by atoms with Crippen LogP contribution in [0.3, 0.4) is 0 Å². The highest BCUT2D eigenvalue weighted by Gasteiger charge is 2.26. The molecule has 0 aromatic heterocycles. The van der Waals surface area contributed by atoms with Crippen molar-refractivity contribution in [1.82, 2.24) is 4.90 Å². The van der Waals surface area contributed by atoms with E-state index >= 15 is 0 Å². The maximum atomic E-state index is 12.2. The van der Waals surface area contributed by atoms with Crippen LogP contribution >= 0.6 is 11.6 Å². The molecule has 0 unspecified atom stereocenters. The van der Waals surface area contributed by atoms with Gasteiger partial charge in [0.1, 0.15) is 0 Å². The van der Waals surface area contributed by atoms with Crippen LogP contribution in [0.1, 0.15) is 26.3 Å². The van der Waals surface area contributed by atoms with E-state index in [-0.39, 0.29) is 24.7 Å². The van der Waals surface area contributed by atoms with E-state index in [9.17, 15) is 9.59 Å². The maximum absolute atomic E-state index is 12.2. The van der Waals surface area contributed by atoms with Crippen LogP contribution in [0.2, 0.25) is 5.02 Å². The van der Waals surface area contributed by atoms with Gasteiger partial charge in [-0.2, -0.15) is 0 Å². The van der Waals surface area contributed by atoms with E-state index in [0.717, 1.165) is 0 Å². The Bertz CT molecular complexity index is 726. The van der Waals surface area contributed by atoms with Crippen LogP contribution in [0.25, 0.3) is 6.08 Å². The van der Waals surface area contributed by atoms with Crippen LogP contribution in [-0.4, -0.2) is 62.4 Å². The molecular weight excluding hydrogens is 386 g/mol. The molecule has 28 heavy (non-hydrogen) atoms. The van der Waals surface area contributed by atoms with Crippen molar-refractivity contribution in [2.45, 2.75) is 33.0 Å². The van der Waals surface area contributed by atoms with Gasteiger partial charge in [-0.3, -0.25) is 4.79 Å². The number of morpholine rings is 1. The van der Waals surface area contributed by atoms with Gasteiger partial charge >= 0.3 is 5.97 Å². The number of ether oxygens (including phenoxy) is 4. The summed E-state index contributed by atoms with van der Waals surface area (Å²) in [6.45, 7) is 6.77. The fourth-order valence-corrected chi connectivity index (χ4v) is 3.26. The summed E-state index contributed by atoms with van der Waals surface area (Å²) in [5, 5.41) is 0.368. The molecule has 0 radical (unpaired) electrons. The molecule has 1 saturated heterocycles. The molecule has 1 aromatic rings. The summed E-state index contributed by atoms with van der Waals surface area (Å²) in [5.41, 5.74) is 0.647. The number of hydrogen-bond acceptors (Lipinski definition) is 6. The molecule has 0 aliphatic carbocycles. The second-order valence-electron chi connectivity index (χ2n) is 6.46. The van der Waals surface area contributed by atoms with E-state index in [1.165, 1.54) is 13.2 Å². The van der Waals surface area contributed by atoms with Crippen LogP contribution in [0.5, 0.6) is 11.5 Å². The molecule has 1 aromatic carbocycles. The van der Waals surface area contributed by atoms with Gasteiger partial charge in [0, 0.05) is 19.2 Å². The van der Waals surface area contributed by atoms with E-state index < -0.39 is 5.97 Å². The Morgan fingerprint density at radius 3 is 2.57 bits per heavy atom. The van der Waals surface area contributed by atoms with Crippen LogP contribution in [-0.2, 0) is 19.1 Å². The van der Waals surface area contributed by atoms with Gasteiger partial charge in [-0.1, -0.05) is 11.6 Å². The monoisotopic (exact) mass is 411 g/mol. The van der Waals surface area contributed by atoms with Gasteiger partial charge in [0.25, 0.3) is 5.91 Å². The Balaban J connectivity index is 1.93. The molecule has 1 amide bonds. The second-order valence-corrected chi connectivity index (χ2v) is 6.87. The standard InChI is InChI=1S/C20H26ClNO6/c1-5-26-17-9-15(8-16(21)20(17)25-4)6-7-19(24)27-12-18(23)22-10-13(2)28-14(3)11-22/h6-9,13-14H,5,10-12H2,1-4H3/b7-6+/t13-,14-/m1/s1.